The lowest BCUT2D eigenvalue weighted by Gasteiger charge is -2.33. The number of hydrogen-bond donors (Lipinski definition) is 1. The number of nitrogens with one attached hydrogen (secondary N) is 1. The van der Waals surface area contributed by atoms with E-state index in [4.69, 9.17) is 4.18 Å². The first-order valence-electron chi connectivity index (χ1n) is 6.74. The van der Waals surface area contributed by atoms with Crippen LogP contribution >= 0.6 is 23.4 Å². The summed E-state index contributed by atoms with van der Waals surface area (Å²) in [7, 11) is 0. The van der Waals surface area contributed by atoms with E-state index in [-0.39, 0.29) is 17.9 Å². The number of benzene rings is 1. The largest absolute Gasteiger partial charge is 0.328 e. The SMILES string of the molecule is O=C(Nc1nccs1)N(c1ccc(F)cc1)C1CCOSC1. The molecule has 1 aliphatic heterocycles. The number of thiazole rings is 1. The van der Waals surface area contributed by atoms with Crippen molar-refractivity contribution >= 4 is 40.2 Å². The molecule has 3 rings (SSSR count). The third-order valence-electron chi connectivity index (χ3n) is 3.21. The molecule has 2 aromatic rings. The number of nitrogens with zero attached hydrogens (tertiary/aromatic N) is 2. The fourth-order valence-corrected chi connectivity index (χ4v) is 3.49. The Kier molecular flexibility index (Phi) is 4.91. The summed E-state index contributed by atoms with van der Waals surface area (Å²) in [5, 5.41) is 5.12. The highest BCUT2D eigenvalue weighted by atomic mass is 32.2. The third kappa shape index (κ3) is 3.57. The molecule has 1 fully saturated rings. The Morgan fingerprint density at radius 1 is 1.41 bits per heavy atom. The number of rotatable bonds is 3. The number of urea groups is 1. The Hall–Kier alpha value is -1.64. The molecule has 1 unspecified atom stereocenters. The summed E-state index contributed by atoms with van der Waals surface area (Å²) in [5.41, 5.74) is 0.656. The molecule has 1 aromatic heterocycles. The standard InChI is InChI=1S/C14H14FN3O2S2/c15-10-1-3-11(4-2-10)18(12-5-7-20-22-9-12)14(19)17-13-16-6-8-21-13/h1-4,6,8,12H,5,7,9H2,(H,16,17,19). The fraction of sp³-hybridized carbons (Fsp3) is 0.286. The normalized spacial score (nSPS) is 18.0. The molecule has 5 nitrogen and oxygen atoms in total. The number of anilines is 2. The summed E-state index contributed by atoms with van der Waals surface area (Å²) in [6, 6.07) is 5.64. The molecule has 2 heterocycles. The number of hydrogen-bond acceptors (Lipinski definition) is 5. The molecule has 0 aliphatic carbocycles. The average Bonchev–Trinajstić information content (AvgIpc) is 3.03. The van der Waals surface area contributed by atoms with Crippen LogP contribution in [0.15, 0.2) is 35.8 Å². The van der Waals surface area contributed by atoms with Crippen molar-refractivity contribution in [1.82, 2.24) is 4.98 Å². The maximum Gasteiger partial charge on any atom is 0.328 e. The van der Waals surface area contributed by atoms with E-state index in [0.29, 0.717) is 23.2 Å². The van der Waals surface area contributed by atoms with Gasteiger partial charge in [-0.05, 0) is 42.7 Å². The van der Waals surface area contributed by atoms with E-state index in [1.165, 1.54) is 35.5 Å². The third-order valence-corrected chi connectivity index (χ3v) is 4.76. The zero-order valence-corrected chi connectivity index (χ0v) is 13.2. The highest BCUT2D eigenvalue weighted by Gasteiger charge is 2.28. The van der Waals surface area contributed by atoms with Crippen molar-refractivity contribution in [3.05, 3.63) is 41.7 Å². The van der Waals surface area contributed by atoms with Gasteiger partial charge >= 0.3 is 6.03 Å². The second-order valence-corrected chi connectivity index (χ2v) is 6.36. The Balaban J connectivity index is 1.84. The molecule has 116 valence electrons. The van der Waals surface area contributed by atoms with Gasteiger partial charge in [-0.15, -0.1) is 11.3 Å². The Morgan fingerprint density at radius 2 is 2.23 bits per heavy atom. The van der Waals surface area contributed by atoms with Crippen molar-refractivity contribution in [3.8, 4) is 0 Å². The summed E-state index contributed by atoms with van der Waals surface area (Å²) < 4.78 is 18.4. The van der Waals surface area contributed by atoms with Crippen molar-refractivity contribution in [2.75, 3.05) is 22.6 Å². The molecule has 2 amide bonds. The van der Waals surface area contributed by atoms with E-state index in [2.05, 4.69) is 10.3 Å². The van der Waals surface area contributed by atoms with Crippen LogP contribution in [0.25, 0.3) is 0 Å². The first-order valence-corrected chi connectivity index (χ1v) is 8.53. The van der Waals surface area contributed by atoms with Crippen LogP contribution < -0.4 is 10.2 Å². The molecule has 0 spiro atoms. The van der Waals surface area contributed by atoms with Gasteiger partial charge in [0.25, 0.3) is 0 Å². The molecule has 0 bridgehead atoms. The second-order valence-electron chi connectivity index (χ2n) is 4.66. The predicted molar refractivity (Wildman–Crippen MR) is 86.8 cm³/mol. The minimum atomic E-state index is -0.328. The summed E-state index contributed by atoms with van der Waals surface area (Å²) >= 11 is 2.70. The summed E-state index contributed by atoms with van der Waals surface area (Å²) in [5.74, 6) is 0.341. The number of carbonyl (C=O) groups excluding carboxylic acids is 1. The quantitative estimate of drug-likeness (QED) is 0.865. The molecular weight excluding hydrogens is 325 g/mol. The monoisotopic (exact) mass is 339 g/mol. The molecule has 1 N–H and O–H groups in total. The van der Waals surface area contributed by atoms with Gasteiger partial charge in [0.1, 0.15) is 5.82 Å². The van der Waals surface area contributed by atoms with E-state index in [1.807, 2.05) is 0 Å². The van der Waals surface area contributed by atoms with Crippen molar-refractivity contribution in [3.63, 3.8) is 0 Å². The summed E-state index contributed by atoms with van der Waals surface area (Å²) in [6.07, 6.45) is 2.36. The molecular formula is C14H14FN3O2S2. The molecule has 1 aliphatic rings. The van der Waals surface area contributed by atoms with Crippen LogP contribution in [0.3, 0.4) is 0 Å². The fourth-order valence-electron chi connectivity index (χ4n) is 2.19. The topological polar surface area (TPSA) is 54.5 Å². The highest BCUT2D eigenvalue weighted by molar-refractivity contribution is 7.94. The zero-order chi connectivity index (χ0) is 15.4. The van der Waals surface area contributed by atoms with Crippen LogP contribution in [0, 0.1) is 5.82 Å². The van der Waals surface area contributed by atoms with Gasteiger partial charge < -0.3 is 4.18 Å². The van der Waals surface area contributed by atoms with E-state index < -0.39 is 0 Å². The molecule has 1 saturated heterocycles. The average molecular weight is 339 g/mol. The van der Waals surface area contributed by atoms with E-state index in [9.17, 15) is 9.18 Å². The highest BCUT2D eigenvalue weighted by Crippen LogP contribution is 2.26. The molecule has 1 aromatic carbocycles. The minimum absolute atomic E-state index is 0.0100. The molecule has 22 heavy (non-hydrogen) atoms. The smallest absolute Gasteiger partial charge is 0.315 e. The van der Waals surface area contributed by atoms with Gasteiger partial charge in [0.2, 0.25) is 0 Å². The van der Waals surface area contributed by atoms with Crippen LogP contribution in [0.1, 0.15) is 6.42 Å². The van der Waals surface area contributed by atoms with Gasteiger partial charge in [0, 0.05) is 23.0 Å². The number of aromatic nitrogens is 1. The van der Waals surface area contributed by atoms with Crippen molar-refractivity contribution in [1.29, 1.82) is 0 Å². The predicted octanol–water partition coefficient (Wildman–Crippen LogP) is 3.76. The van der Waals surface area contributed by atoms with Gasteiger partial charge in [-0.1, -0.05) is 0 Å². The lowest BCUT2D eigenvalue weighted by atomic mass is 10.2. The van der Waals surface area contributed by atoms with Crippen LogP contribution in [-0.4, -0.2) is 29.4 Å². The van der Waals surface area contributed by atoms with Gasteiger partial charge in [-0.3, -0.25) is 10.2 Å². The lowest BCUT2D eigenvalue weighted by molar-refractivity contribution is 0.252. The number of halogens is 1. The van der Waals surface area contributed by atoms with Crippen LogP contribution in [0.2, 0.25) is 0 Å². The molecule has 1 atom stereocenters. The lowest BCUT2D eigenvalue weighted by Crippen LogP contribution is -2.46. The van der Waals surface area contributed by atoms with Gasteiger partial charge in [0.05, 0.1) is 12.6 Å². The van der Waals surface area contributed by atoms with Crippen LogP contribution in [0.4, 0.5) is 20.0 Å². The summed E-state index contributed by atoms with van der Waals surface area (Å²) in [6.45, 7) is 0.581. The van der Waals surface area contributed by atoms with Crippen molar-refractivity contribution in [2.24, 2.45) is 0 Å². The van der Waals surface area contributed by atoms with Crippen molar-refractivity contribution < 1.29 is 13.4 Å². The second kappa shape index (κ2) is 7.08. The van der Waals surface area contributed by atoms with Gasteiger partial charge in [0.15, 0.2) is 5.13 Å². The van der Waals surface area contributed by atoms with Gasteiger partial charge in [-0.25, -0.2) is 14.2 Å². The zero-order valence-electron chi connectivity index (χ0n) is 11.6. The first kappa shape index (κ1) is 15.3. The minimum Gasteiger partial charge on any atom is -0.315 e. The molecule has 0 saturated carbocycles. The number of amides is 2. The number of carbonyl (C=O) groups is 1. The van der Waals surface area contributed by atoms with E-state index in [0.717, 1.165) is 6.42 Å². The van der Waals surface area contributed by atoms with E-state index in [1.54, 1.807) is 28.6 Å². The Morgan fingerprint density at radius 3 is 2.86 bits per heavy atom. The Labute approximate surface area is 135 Å². The van der Waals surface area contributed by atoms with Crippen LogP contribution in [0.5, 0.6) is 0 Å². The summed E-state index contributed by atoms with van der Waals surface area (Å²) in [4.78, 5) is 18.3. The van der Waals surface area contributed by atoms with Gasteiger partial charge in [-0.2, -0.15) is 0 Å². The Bertz CT molecular complexity index is 616. The maximum absolute atomic E-state index is 13.1. The molecule has 8 heteroatoms. The van der Waals surface area contributed by atoms with Crippen molar-refractivity contribution in [2.45, 2.75) is 12.5 Å². The van der Waals surface area contributed by atoms with Crippen LogP contribution in [-0.2, 0) is 4.18 Å². The van der Waals surface area contributed by atoms with E-state index >= 15 is 0 Å². The maximum atomic E-state index is 13.1. The first-order chi connectivity index (χ1) is 10.7. The molecule has 0 radical (unpaired) electrons.